The summed E-state index contributed by atoms with van der Waals surface area (Å²) in [7, 11) is 0. The standard InChI is InChI=1S/C17H30N4/c1-5-10-18-15-13-16(20-14(4)19-15)21-11-8-17(6-2,7-3)9-12-21/h13H,5-12H2,1-4H3,(H,18,19,20). The Hall–Kier alpha value is -1.32. The van der Waals surface area contributed by atoms with Gasteiger partial charge in [-0.3, -0.25) is 0 Å². The minimum absolute atomic E-state index is 0.557. The fraction of sp³-hybridized carbons (Fsp3) is 0.765. The third kappa shape index (κ3) is 3.86. The van der Waals surface area contributed by atoms with Crippen molar-refractivity contribution in [2.24, 2.45) is 5.41 Å². The van der Waals surface area contributed by atoms with Gasteiger partial charge in [-0.05, 0) is 31.6 Å². The van der Waals surface area contributed by atoms with Crippen LogP contribution in [0.2, 0.25) is 0 Å². The lowest BCUT2D eigenvalue weighted by atomic mass is 9.74. The molecular weight excluding hydrogens is 260 g/mol. The molecule has 4 heteroatoms. The largest absolute Gasteiger partial charge is 0.370 e. The Labute approximate surface area is 129 Å². The van der Waals surface area contributed by atoms with E-state index >= 15 is 0 Å². The molecule has 2 rings (SSSR count). The molecule has 4 nitrogen and oxygen atoms in total. The number of aryl methyl sites for hydroxylation is 1. The summed E-state index contributed by atoms with van der Waals surface area (Å²) in [4.78, 5) is 11.5. The number of piperidine rings is 1. The number of rotatable bonds is 6. The molecule has 0 radical (unpaired) electrons. The minimum Gasteiger partial charge on any atom is -0.370 e. The molecule has 0 saturated carbocycles. The lowest BCUT2D eigenvalue weighted by Gasteiger charge is -2.41. The van der Waals surface area contributed by atoms with Gasteiger partial charge in [0.15, 0.2) is 0 Å². The number of nitrogens with one attached hydrogen (secondary N) is 1. The molecule has 0 spiro atoms. The van der Waals surface area contributed by atoms with E-state index in [1.807, 2.05) is 6.92 Å². The van der Waals surface area contributed by atoms with Crippen LogP contribution in [0.5, 0.6) is 0 Å². The van der Waals surface area contributed by atoms with Gasteiger partial charge in [0.2, 0.25) is 0 Å². The summed E-state index contributed by atoms with van der Waals surface area (Å²) >= 11 is 0. The minimum atomic E-state index is 0.557. The highest BCUT2D eigenvalue weighted by molar-refractivity contribution is 5.49. The van der Waals surface area contributed by atoms with Crippen molar-refractivity contribution in [3.8, 4) is 0 Å². The van der Waals surface area contributed by atoms with Crippen LogP contribution in [0.25, 0.3) is 0 Å². The SMILES string of the molecule is CCCNc1cc(N2CCC(CC)(CC)CC2)nc(C)n1. The van der Waals surface area contributed by atoms with Crippen molar-refractivity contribution in [2.45, 2.75) is 59.8 Å². The topological polar surface area (TPSA) is 41.0 Å². The van der Waals surface area contributed by atoms with Crippen LogP contribution < -0.4 is 10.2 Å². The fourth-order valence-electron chi connectivity index (χ4n) is 3.22. The van der Waals surface area contributed by atoms with Crippen LogP contribution in [-0.2, 0) is 0 Å². The van der Waals surface area contributed by atoms with Gasteiger partial charge in [0.1, 0.15) is 17.5 Å². The molecule has 0 atom stereocenters. The maximum Gasteiger partial charge on any atom is 0.134 e. The molecule has 1 saturated heterocycles. The summed E-state index contributed by atoms with van der Waals surface area (Å²) in [6.07, 6.45) is 6.26. The van der Waals surface area contributed by atoms with Crippen molar-refractivity contribution >= 4 is 11.6 Å². The summed E-state index contributed by atoms with van der Waals surface area (Å²) in [5.41, 5.74) is 0.557. The molecule has 0 aromatic carbocycles. The average Bonchev–Trinajstić information content (AvgIpc) is 2.52. The summed E-state index contributed by atoms with van der Waals surface area (Å²) in [6.45, 7) is 12.0. The predicted molar refractivity (Wildman–Crippen MR) is 90.0 cm³/mol. The van der Waals surface area contributed by atoms with E-state index in [9.17, 15) is 0 Å². The maximum absolute atomic E-state index is 4.64. The van der Waals surface area contributed by atoms with Crippen LogP contribution in [0.4, 0.5) is 11.6 Å². The molecular formula is C17H30N4. The van der Waals surface area contributed by atoms with Gasteiger partial charge in [0.05, 0.1) is 0 Å². The predicted octanol–water partition coefficient (Wildman–Crippen LogP) is 4.01. The highest BCUT2D eigenvalue weighted by atomic mass is 15.2. The Morgan fingerprint density at radius 2 is 1.81 bits per heavy atom. The number of hydrogen-bond donors (Lipinski definition) is 1. The normalized spacial score (nSPS) is 17.8. The molecule has 0 aliphatic carbocycles. The van der Waals surface area contributed by atoms with E-state index in [1.165, 1.54) is 25.7 Å². The van der Waals surface area contributed by atoms with E-state index in [1.54, 1.807) is 0 Å². The third-order valence-electron chi connectivity index (χ3n) is 5.03. The maximum atomic E-state index is 4.64. The van der Waals surface area contributed by atoms with Crippen LogP contribution in [0.1, 0.15) is 58.7 Å². The second-order valence-electron chi connectivity index (χ2n) is 6.28. The molecule has 1 aromatic rings. The first-order valence-electron chi connectivity index (χ1n) is 8.47. The zero-order chi connectivity index (χ0) is 15.3. The van der Waals surface area contributed by atoms with Gasteiger partial charge in [0.25, 0.3) is 0 Å². The Morgan fingerprint density at radius 1 is 1.14 bits per heavy atom. The van der Waals surface area contributed by atoms with Crippen molar-refractivity contribution in [3.63, 3.8) is 0 Å². The van der Waals surface area contributed by atoms with E-state index in [0.29, 0.717) is 5.41 Å². The molecule has 2 heterocycles. The smallest absolute Gasteiger partial charge is 0.134 e. The highest BCUT2D eigenvalue weighted by Crippen LogP contribution is 2.38. The molecule has 0 unspecified atom stereocenters. The Balaban J connectivity index is 2.07. The molecule has 118 valence electrons. The van der Waals surface area contributed by atoms with Gasteiger partial charge in [0, 0.05) is 25.7 Å². The number of anilines is 2. The molecule has 1 aliphatic heterocycles. The average molecular weight is 290 g/mol. The first-order chi connectivity index (χ1) is 10.1. The summed E-state index contributed by atoms with van der Waals surface area (Å²) in [5.74, 6) is 2.90. The second-order valence-corrected chi connectivity index (χ2v) is 6.28. The van der Waals surface area contributed by atoms with Crippen LogP contribution in [-0.4, -0.2) is 29.6 Å². The zero-order valence-corrected chi connectivity index (χ0v) is 14.1. The van der Waals surface area contributed by atoms with E-state index in [4.69, 9.17) is 0 Å². The molecule has 21 heavy (non-hydrogen) atoms. The monoisotopic (exact) mass is 290 g/mol. The van der Waals surface area contributed by atoms with Crippen LogP contribution in [0.15, 0.2) is 6.07 Å². The molecule has 0 bridgehead atoms. The van der Waals surface area contributed by atoms with Crippen molar-refractivity contribution in [2.75, 3.05) is 29.9 Å². The van der Waals surface area contributed by atoms with E-state index in [2.05, 4.69) is 47.0 Å². The third-order valence-corrected chi connectivity index (χ3v) is 5.03. The lowest BCUT2D eigenvalue weighted by molar-refractivity contribution is 0.199. The van der Waals surface area contributed by atoms with Gasteiger partial charge in [-0.2, -0.15) is 0 Å². The van der Waals surface area contributed by atoms with Crippen LogP contribution >= 0.6 is 0 Å². The Bertz CT molecular complexity index is 444. The first-order valence-corrected chi connectivity index (χ1v) is 8.47. The zero-order valence-electron chi connectivity index (χ0n) is 14.1. The van der Waals surface area contributed by atoms with Crippen LogP contribution in [0.3, 0.4) is 0 Å². The Kier molecular flexibility index (Phi) is 5.43. The fourth-order valence-corrected chi connectivity index (χ4v) is 3.22. The lowest BCUT2D eigenvalue weighted by Crippen LogP contribution is -2.40. The Morgan fingerprint density at radius 3 is 2.38 bits per heavy atom. The van der Waals surface area contributed by atoms with Crippen LogP contribution in [0, 0.1) is 12.3 Å². The quantitative estimate of drug-likeness (QED) is 0.859. The number of nitrogens with zero attached hydrogens (tertiary/aromatic N) is 3. The van der Waals surface area contributed by atoms with Gasteiger partial charge in [-0.1, -0.05) is 33.6 Å². The summed E-state index contributed by atoms with van der Waals surface area (Å²) in [5, 5.41) is 3.38. The molecule has 1 N–H and O–H groups in total. The van der Waals surface area contributed by atoms with Gasteiger partial charge < -0.3 is 10.2 Å². The molecule has 1 aromatic heterocycles. The molecule has 0 amide bonds. The second kappa shape index (κ2) is 7.10. The van der Waals surface area contributed by atoms with E-state index < -0.39 is 0 Å². The van der Waals surface area contributed by atoms with Crippen molar-refractivity contribution in [3.05, 3.63) is 11.9 Å². The van der Waals surface area contributed by atoms with E-state index in [0.717, 1.165) is 43.5 Å². The highest BCUT2D eigenvalue weighted by Gasteiger charge is 2.31. The van der Waals surface area contributed by atoms with Gasteiger partial charge in [-0.25, -0.2) is 9.97 Å². The van der Waals surface area contributed by atoms with Gasteiger partial charge in [-0.15, -0.1) is 0 Å². The summed E-state index contributed by atoms with van der Waals surface area (Å²) in [6, 6.07) is 2.10. The van der Waals surface area contributed by atoms with Crippen molar-refractivity contribution < 1.29 is 0 Å². The first kappa shape index (κ1) is 16.1. The van der Waals surface area contributed by atoms with Crippen molar-refractivity contribution in [1.29, 1.82) is 0 Å². The molecule has 1 fully saturated rings. The number of hydrogen-bond acceptors (Lipinski definition) is 4. The van der Waals surface area contributed by atoms with Crippen molar-refractivity contribution in [1.82, 2.24) is 9.97 Å². The van der Waals surface area contributed by atoms with Gasteiger partial charge >= 0.3 is 0 Å². The summed E-state index contributed by atoms with van der Waals surface area (Å²) < 4.78 is 0. The number of aromatic nitrogens is 2. The van der Waals surface area contributed by atoms with E-state index in [-0.39, 0.29) is 0 Å². The molecule has 1 aliphatic rings.